The van der Waals surface area contributed by atoms with Gasteiger partial charge in [0.15, 0.2) is 0 Å². The monoisotopic (exact) mass is 248 g/mol. The van der Waals surface area contributed by atoms with Crippen LogP contribution >= 0.6 is 11.6 Å². The summed E-state index contributed by atoms with van der Waals surface area (Å²) in [6.07, 6.45) is 0.0598. The van der Waals surface area contributed by atoms with E-state index in [9.17, 15) is 0 Å². The summed E-state index contributed by atoms with van der Waals surface area (Å²) in [5, 5.41) is 0.196. The molecule has 0 atom stereocenters. The molecule has 0 saturated carbocycles. The number of ether oxygens (including phenoxy) is 1. The van der Waals surface area contributed by atoms with Crippen molar-refractivity contribution in [3.05, 3.63) is 41.7 Å². The van der Waals surface area contributed by atoms with Crippen molar-refractivity contribution >= 4 is 11.6 Å². The smallest absolute Gasteiger partial charge is 0.226 e. The Labute approximate surface area is 105 Å². The molecule has 4 heteroatoms. The lowest BCUT2D eigenvalue weighted by Crippen LogP contribution is -2.07. The zero-order chi connectivity index (χ0) is 12.3. The normalized spacial score (nSPS) is 10.6. The van der Waals surface area contributed by atoms with Gasteiger partial charge in [0, 0.05) is 11.6 Å². The molecule has 1 aromatic heterocycles. The Hall–Kier alpha value is -1.61. The van der Waals surface area contributed by atoms with Crippen LogP contribution in [-0.2, 0) is 0 Å². The molecule has 0 N–H and O–H groups in total. The molecule has 0 aliphatic carbocycles. The van der Waals surface area contributed by atoms with Crippen LogP contribution in [0.4, 0.5) is 0 Å². The number of benzene rings is 1. The van der Waals surface area contributed by atoms with Crippen LogP contribution in [-0.4, -0.2) is 16.1 Å². The summed E-state index contributed by atoms with van der Waals surface area (Å²) in [6.45, 7) is 3.89. The second-order valence-corrected chi connectivity index (χ2v) is 4.23. The van der Waals surface area contributed by atoms with Crippen molar-refractivity contribution < 1.29 is 4.74 Å². The van der Waals surface area contributed by atoms with Gasteiger partial charge in [0.25, 0.3) is 0 Å². The third-order valence-electron chi connectivity index (χ3n) is 2.10. The van der Waals surface area contributed by atoms with Crippen LogP contribution in [0.15, 0.2) is 36.4 Å². The Balaban J connectivity index is 2.38. The number of halogens is 1. The molecule has 0 saturated heterocycles. The maximum atomic E-state index is 5.88. The lowest BCUT2D eigenvalue weighted by Gasteiger charge is -2.10. The van der Waals surface area contributed by atoms with Crippen LogP contribution in [0.2, 0.25) is 5.28 Å². The molecule has 3 nitrogen and oxygen atoms in total. The van der Waals surface area contributed by atoms with E-state index < -0.39 is 0 Å². The van der Waals surface area contributed by atoms with E-state index in [0.717, 1.165) is 11.3 Å². The first-order valence-electron chi connectivity index (χ1n) is 5.42. The predicted molar refractivity (Wildman–Crippen MR) is 68.2 cm³/mol. The van der Waals surface area contributed by atoms with Crippen molar-refractivity contribution in [1.82, 2.24) is 9.97 Å². The average Bonchev–Trinajstić information content (AvgIpc) is 2.28. The van der Waals surface area contributed by atoms with Gasteiger partial charge in [0.05, 0.1) is 11.8 Å². The van der Waals surface area contributed by atoms with E-state index in [2.05, 4.69) is 9.97 Å². The predicted octanol–water partition coefficient (Wildman–Crippen LogP) is 3.58. The van der Waals surface area contributed by atoms with E-state index in [4.69, 9.17) is 16.3 Å². The summed E-state index contributed by atoms with van der Waals surface area (Å²) in [7, 11) is 0. The third-order valence-corrected chi connectivity index (χ3v) is 2.27. The summed E-state index contributed by atoms with van der Waals surface area (Å²) >= 11 is 5.88. The fraction of sp³-hybridized carbons (Fsp3) is 0.231. The summed E-state index contributed by atoms with van der Waals surface area (Å²) in [4.78, 5) is 8.22. The molecule has 0 bridgehead atoms. The molecule has 88 valence electrons. The van der Waals surface area contributed by atoms with Crippen molar-refractivity contribution in [2.24, 2.45) is 0 Å². The molecule has 2 rings (SSSR count). The lowest BCUT2D eigenvalue weighted by atomic mass is 10.1. The molecule has 0 radical (unpaired) electrons. The largest absolute Gasteiger partial charge is 0.475 e. The summed E-state index contributed by atoms with van der Waals surface area (Å²) in [6, 6.07) is 11.6. The van der Waals surface area contributed by atoms with Crippen molar-refractivity contribution in [3.63, 3.8) is 0 Å². The third kappa shape index (κ3) is 3.17. The molecule has 1 aromatic carbocycles. The Bertz CT molecular complexity index is 500. The standard InChI is InChI=1S/C13H13ClN2O/c1-9(2)17-12-8-11(15-13(14)16-12)10-6-4-3-5-7-10/h3-9H,1-2H3. The van der Waals surface area contributed by atoms with Crippen LogP contribution in [0.25, 0.3) is 11.3 Å². The maximum absolute atomic E-state index is 5.88. The Kier molecular flexibility index (Phi) is 3.59. The van der Waals surface area contributed by atoms with Crippen molar-refractivity contribution in [1.29, 1.82) is 0 Å². The van der Waals surface area contributed by atoms with E-state index in [-0.39, 0.29) is 11.4 Å². The van der Waals surface area contributed by atoms with Crippen molar-refractivity contribution in [2.45, 2.75) is 20.0 Å². The molecule has 17 heavy (non-hydrogen) atoms. The maximum Gasteiger partial charge on any atom is 0.226 e. The first-order chi connectivity index (χ1) is 8.15. The molecule has 0 aliphatic heterocycles. The number of hydrogen-bond acceptors (Lipinski definition) is 3. The molecule has 0 fully saturated rings. The second-order valence-electron chi connectivity index (χ2n) is 3.89. The highest BCUT2D eigenvalue weighted by atomic mass is 35.5. The van der Waals surface area contributed by atoms with Gasteiger partial charge in [-0.2, -0.15) is 4.98 Å². The van der Waals surface area contributed by atoms with Gasteiger partial charge in [-0.05, 0) is 25.4 Å². The fourth-order valence-electron chi connectivity index (χ4n) is 1.46. The van der Waals surface area contributed by atoms with E-state index in [1.165, 1.54) is 0 Å². The molecule has 0 aliphatic rings. The van der Waals surface area contributed by atoms with E-state index >= 15 is 0 Å². The zero-order valence-corrected chi connectivity index (χ0v) is 10.5. The highest BCUT2D eigenvalue weighted by Gasteiger charge is 2.07. The molecule has 0 spiro atoms. The molecular weight excluding hydrogens is 236 g/mol. The average molecular weight is 249 g/mol. The van der Waals surface area contributed by atoms with Gasteiger partial charge in [-0.3, -0.25) is 0 Å². The first-order valence-corrected chi connectivity index (χ1v) is 5.79. The van der Waals surface area contributed by atoms with Crippen LogP contribution in [0.1, 0.15) is 13.8 Å². The Morgan fingerprint density at radius 2 is 1.82 bits per heavy atom. The quantitative estimate of drug-likeness (QED) is 0.779. The van der Waals surface area contributed by atoms with Gasteiger partial charge in [-0.25, -0.2) is 4.98 Å². The zero-order valence-electron chi connectivity index (χ0n) is 9.72. The Morgan fingerprint density at radius 1 is 1.12 bits per heavy atom. The molecule has 2 aromatic rings. The molecule has 0 amide bonds. The summed E-state index contributed by atoms with van der Waals surface area (Å²) in [5.74, 6) is 0.499. The van der Waals surface area contributed by atoms with Crippen LogP contribution < -0.4 is 4.74 Å². The highest BCUT2D eigenvalue weighted by Crippen LogP contribution is 2.22. The lowest BCUT2D eigenvalue weighted by molar-refractivity contribution is 0.232. The number of hydrogen-bond donors (Lipinski definition) is 0. The first kappa shape index (κ1) is 11.9. The number of rotatable bonds is 3. The van der Waals surface area contributed by atoms with Crippen LogP contribution in [0, 0.1) is 0 Å². The van der Waals surface area contributed by atoms with Gasteiger partial charge in [0.1, 0.15) is 0 Å². The fourth-order valence-corrected chi connectivity index (χ4v) is 1.63. The highest BCUT2D eigenvalue weighted by molar-refractivity contribution is 6.28. The Morgan fingerprint density at radius 3 is 2.47 bits per heavy atom. The molecule has 1 heterocycles. The van der Waals surface area contributed by atoms with Gasteiger partial charge >= 0.3 is 0 Å². The van der Waals surface area contributed by atoms with Gasteiger partial charge in [0.2, 0.25) is 11.2 Å². The molecular formula is C13H13ClN2O. The van der Waals surface area contributed by atoms with Crippen LogP contribution in [0.5, 0.6) is 5.88 Å². The number of nitrogens with zero attached hydrogens (tertiary/aromatic N) is 2. The minimum absolute atomic E-state index is 0.0598. The van der Waals surface area contributed by atoms with E-state index in [0.29, 0.717) is 5.88 Å². The van der Waals surface area contributed by atoms with Gasteiger partial charge < -0.3 is 4.74 Å². The van der Waals surface area contributed by atoms with Gasteiger partial charge in [-0.15, -0.1) is 0 Å². The van der Waals surface area contributed by atoms with Gasteiger partial charge in [-0.1, -0.05) is 30.3 Å². The summed E-state index contributed by atoms with van der Waals surface area (Å²) in [5.41, 5.74) is 1.76. The minimum Gasteiger partial charge on any atom is -0.475 e. The van der Waals surface area contributed by atoms with E-state index in [1.54, 1.807) is 6.07 Å². The SMILES string of the molecule is CC(C)Oc1cc(-c2ccccc2)nc(Cl)n1. The topological polar surface area (TPSA) is 35.0 Å². The minimum atomic E-state index is 0.0598. The van der Waals surface area contributed by atoms with Crippen molar-refractivity contribution in [3.8, 4) is 17.1 Å². The van der Waals surface area contributed by atoms with Crippen LogP contribution in [0.3, 0.4) is 0 Å². The number of aromatic nitrogens is 2. The summed E-state index contributed by atoms with van der Waals surface area (Å²) < 4.78 is 5.52. The van der Waals surface area contributed by atoms with Crippen molar-refractivity contribution in [2.75, 3.05) is 0 Å². The second kappa shape index (κ2) is 5.15. The van der Waals surface area contributed by atoms with E-state index in [1.807, 2.05) is 44.2 Å². The molecule has 0 unspecified atom stereocenters.